The molecule has 324 valence electrons. The third-order valence-electron chi connectivity index (χ3n) is 11.5. The molecular weight excluding hydrogens is 831 g/mol. The Morgan fingerprint density at radius 3 is 1.55 bits per heavy atom. The molecule has 4 aliphatic rings. The van der Waals surface area contributed by atoms with Crippen LogP contribution in [0, 0.1) is 0 Å². The van der Waals surface area contributed by atoms with Crippen molar-refractivity contribution in [2.24, 2.45) is 7.05 Å². The second-order valence-corrected chi connectivity index (χ2v) is 14.8. The van der Waals surface area contributed by atoms with Gasteiger partial charge in [0.1, 0.15) is 30.4 Å². The second-order valence-electron chi connectivity index (χ2n) is 14.8. The number of methoxy groups -OCH3 is 4. The first-order valence-electron chi connectivity index (χ1n) is 19.8. The van der Waals surface area contributed by atoms with Gasteiger partial charge in [-0.15, -0.1) is 0 Å². The lowest BCUT2D eigenvalue weighted by molar-refractivity contribution is 0.0525. The topological polar surface area (TPSA) is 178 Å². The maximum absolute atomic E-state index is 13.1. The van der Waals surface area contributed by atoms with E-state index in [1.807, 2.05) is 24.3 Å². The van der Waals surface area contributed by atoms with Gasteiger partial charge in [-0.3, -0.25) is 0 Å². The standard InChI is InChI=1S/C27H21NO8.C21H16O7/c1-28-8-4-5-18(28)26(29)36-25-16-11-21(32-3)20(31-2)10-15(16)23(24-17(25)12-33-27(24)30)14-6-7-19-22(9-14)35-13-34-19;1-24-15-6-11-12(7-16(15)25-2)20(22)13-8-26-21(23)19(13)18(11)10-3-4-14-17(5-10)28-9-27-14/h4-11H,12-13H2,1-3H3;3-7,22H,8-9H2,1-2H3. The quantitative estimate of drug-likeness (QED) is 0.114. The third kappa shape index (κ3) is 6.32. The van der Waals surface area contributed by atoms with Gasteiger partial charge in [0, 0.05) is 46.3 Å². The van der Waals surface area contributed by atoms with Crippen LogP contribution < -0.4 is 42.6 Å². The molecule has 6 aromatic carbocycles. The van der Waals surface area contributed by atoms with Crippen molar-refractivity contribution in [2.45, 2.75) is 13.2 Å². The van der Waals surface area contributed by atoms with Gasteiger partial charge in [-0.05, 0) is 82.6 Å². The van der Waals surface area contributed by atoms with E-state index in [1.54, 1.807) is 66.3 Å². The Morgan fingerprint density at radius 1 is 0.562 bits per heavy atom. The number of benzene rings is 6. The van der Waals surface area contributed by atoms with Gasteiger partial charge in [0.2, 0.25) is 13.6 Å². The fraction of sp³-hybridized carbons (Fsp3) is 0.188. The highest BCUT2D eigenvalue weighted by Gasteiger charge is 2.36. The van der Waals surface area contributed by atoms with Crippen molar-refractivity contribution in [2.75, 3.05) is 42.0 Å². The van der Waals surface area contributed by atoms with E-state index in [0.717, 1.165) is 5.56 Å². The summed E-state index contributed by atoms with van der Waals surface area (Å²) in [6.07, 6.45) is 1.75. The molecule has 4 aliphatic heterocycles. The molecule has 0 aliphatic carbocycles. The second kappa shape index (κ2) is 15.6. The zero-order valence-electron chi connectivity index (χ0n) is 34.9. The van der Waals surface area contributed by atoms with Crippen molar-refractivity contribution in [3.8, 4) is 79.7 Å². The Kier molecular flexibility index (Phi) is 9.69. The molecule has 0 atom stereocenters. The molecule has 0 fully saturated rings. The van der Waals surface area contributed by atoms with Crippen LogP contribution in [0.2, 0.25) is 0 Å². The van der Waals surface area contributed by atoms with Gasteiger partial charge in [-0.2, -0.15) is 0 Å². The van der Waals surface area contributed by atoms with Crippen LogP contribution in [0.3, 0.4) is 0 Å². The summed E-state index contributed by atoms with van der Waals surface area (Å²) in [6.45, 7) is 0.257. The monoisotopic (exact) mass is 867 g/mol. The molecule has 16 nitrogen and oxygen atoms in total. The van der Waals surface area contributed by atoms with Crippen LogP contribution in [0.1, 0.15) is 42.3 Å². The number of carbonyl (C=O) groups excluding carboxylic acids is 3. The third-order valence-corrected chi connectivity index (χ3v) is 11.5. The van der Waals surface area contributed by atoms with Crippen molar-refractivity contribution in [3.63, 3.8) is 0 Å². The highest BCUT2D eigenvalue weighted by molar-refractivity contribution is 6.15. The van der Waals surface area contributed by atoms with Crippen molar-refractivity contribution in [1.82, 2.24) is 4.57 Å². The minimum Gasteiger partial charge on any atom is -0.507 e. The molecule has 16 heteroatoms. The number of cyclic esters (lactones) is 2. The smallest absolute Gasteiger partial charge is 0.360 e. The molecule has 0 spiro atoms. The molecule has 0 unspecified atom stereocenters. The van der Waals surface area contributed by atoms with E-state index in [4.69, 9.17) is 52.1 Å². The number of fused-ring (bicyclic) bond motifs is 6. The summed E-state index contributed by atoms with van der Waals surface area (Å²) in [4.78, 5) is 38.7. The van der Waals surface area contributed by atoms with Gasteiger partial charge in [-0.25, -0.2) is 14.4 Å². The Balaban J connectivity index is 0.000000156. The van der Waals surface area contributed by atoms with Crippen LogP contribution in [0.4, 0.5) is 0 Å². The van der Waals surface area contributed by atoms with Crippen LogP contribution in [0.15, 0.2) is 79.0 Å². The number of aryl methyl sites for hydroxylation is 1. The SMILES string of the molecule is COc1cc2c(O)c3c(c(-c4ccc5c(c4)OCO5)c2cc1OC)C(=O)OC3.COc1cc2c(OC(=O)c3cccn3C)c3c(c(-c4ccc5c(c4)OCO5)c2cc1OC)C(=O)OC3. The number of hydrogen-bond acceptors (Lipinski definition) is 15. The summed E-state index contributed by atoms with van der Waals surface area (Å²) in [7, 11) is 7.87. The van der Waals surface area contributed by atoms with E-state index in [0.29, 0.717) is 112 Å². The number of carbonyl (C=O) groups is 3. The molecule has 64 heavy (non-hydrogen) atoms. The van der Waals surface area contributed by atoms with Crippen LogP contribution in [-0.4, -0.2) is 69.6 Å². The lowest BCUT2D eigenvalue weighted by Crippen LogP contribution is -2.14. The molecule has 7 aromatic rings. The number of aromatic nitrogens is 1. The summed E-state index contributed by atoms with van der Waals surface area (Å²) in [5, 5.41) is 13.2. The van der Waals surface area contributed by atoms with E-state index in [2.05, 4.69) is 0 Å². The fourth-order valence-corrected chi connectivity index (χ4v) is 8.47. The first-order chi connectivity index (χ1) is 31.1. The van der Waals surface area contributed by atoms with Crippen LogP contribution in [-0.2, 0) is 29.7 Å². The Labute approximate surface area is 363 Å². The van der Waals surface area contributed by atoms with Gasteiger partial charge < -0.3 is 61.8 Å². The number of phenols is 1. The lowest BCUT2D eigenvalue weighted by Gasteiger charge is -2.18. The van der Waals surface area contributed by atoms with Gasteiger partial charge >= 0.3 is 17.9 Å². The number of ether oxygens (including phenoxy) is 11. The molecule has 1 aromatic heterocycles. The number of nitrogens with zero attached hydrogens (tertiary/aromatic N) is 1. The minimum absolute atomic E-state index is 0.00120. The van der Waals surface area contributed by atoms with E-state index in [1.165, 1.54) is 28.4 Å². The van der Waals surface area contributed by atoms with Gasteiger partial charge in [0.25, 0.3) is 0 Å². The normalized spacial score (nSPS) is 13.8. The van der Waals surface area contributed by atoms with Crippen molar-refractivity contribution < 1.29 is 71.6 Å². The zero-order valence-corrected chi connectivity index (χ0v) is 34.9. The molecule has 0 saturated carbocycles. The molecule has 0 radical (unpaired) electrons. The minimum atomic E-state index is -0.559. The highest BCUT2D eigenvalue weighted by atomic mass is 16.7. The van der Waals surface area contributed by atoms with Crippen LogP contribution >= 0.6 is 0 Å². The average molecular weight is 868 g/mol. The maximum atomic E-state index is 13.1. The largest absolute Gasteiger partial charge is 0.507 e. The Hall–Kier alpha value is -8.27. The molecule has 1 N–H and O–H groups in total. The zero-order chi connectivity index (χ0) is 44.4. The van der Waals surface area contributed by atoms with Gasteiger partial charge in [-0.1, -0.05) is 12.1 Å². The van der Waals surface area contributed by atoms with Crippen molar-refractivity contribution in [1.29, 1.82) is 0 Å². The Morgan fingerprint density at radius 2 is 1.03 bits per heavy atom. The number of hydrogen-bond donors (Lipinski definition) is 1. The molecule has 0 bridgehead atoms. The molecule has 11 rings (SSSR count). The molecule has 5 heterocycles. The number of phenolic OH excluding ortho intramolecular Hbond substituents is 1. The average Bonchev–Trinajstić information content (AvgIpc) is 4.18. The summed E-state index contributed by atoms with van der Waals surface area (Å²) >= 11 is 0. The van der Waals surface area contributed by atoms with E-state index in [9.17, 15) is 19.5 Å². The van der Waals surface area contributed by atoms with Crippen LogP contribution in [0.5, 0.6) is 57.5 Å². The predicted octanol–water partition coefficient (Wildman–Crippen LogP) is 8.11. The summed E-state index contributed by atoms with van der Waals surface area (Å²) in [6, 6.07) is 21.3. The van der Waals surface area contributed by atoms with Gasteiger partial charge in [0.15, 0.2) is 46.0 Å². The number of esters is 3. The Bertz CT molecular complexity index is 3130. The van der Waals surface area contributed by atoms with Crippen molar-refractivity contribution in [3.05, 3.63) is 107 Å². The first-order valence-corrected chi connectivity index (χ1v) is 19.8. The fourth-order valence-electron chi connectivity index (χ4n) is 8.47. The van der Waals surface area contributed by atoms with Crippen LogP contribution in [0.25, 0.3) is 43.8 Å². The summed E-state index contributed by atoms with van der Waals surface area (Å²) in [5.41, 5.74) is 4.68. The predicted molar refractivity (Wildman–Crippen MR) is 227 cm³/mol. The van der Waals surface area contributed by atoms with Gasteiger partial charge in [0.05, 0.1) is 39.6 Å². The molecule has 0 amide bonds. The highest BCUT2D eigenvalue weighted by Crippen LogP contribution is 2.51. The lowest BCUT2D eigenvalue weighted by atomic mass is 9.89. The van der Waals surface area contributed by atoms with E-state index < -0.39 is 17.9 Å². The molecule has 0 saturated heterocycles. The van der Waals surface area contributed by atoms with Crippen molar-refractivity contribution >= 4 is 39.5 Å². The maximum Gasteiger partial charge on any atom is 0.360 e. The van der Waals surface area contributed by atoms with E-state index >= 15 is 0 Å². The molecular formula is C48H37NO15. The van der Waals surface area contributed by atoms with E-state index in [-0.39, 0.29) is 38.3 Å². The summed E-state index contributed by atoms with van der Waals surface area (Å²) in [5.74, 6) is 3.00. The number of aromatic hydroxyl groups is 1. The first kappa shape index (κ1) is 39.8. The summed E-state index contributed by atoms with van der Waals surface area (Å²) < 4.78 is 62.1. The number of rotatable bonds is 8.